The van der Waals surface area contributed by atoms with Gasteiger partial charge in [-0.2, -0.15) is 5.10 Å². The van der Waals surface area contributed by atoms with Crippen molar-refractivity contribution < 1.29 is 4.79 Å². The summed E-state index contributed by atoms with van der Waals surface area (Å²) in [7, 11) is 0. The zero-order valence-corrected chi connectivity index (χ0v) is 14.4. The van der Waals surface area contributed by atoms with Gasteiger partial charge in [-0.05, 0) is 37.8 Å². The number of hydrogen-bond acceptors (Lipinski definition) is 5. The summed E-state index contributed by atoms with van der Waals surface area (Å²) in [5.41, 5.74) is 4.07. The van der Waals surface area contributed by atoms with Crippen LogP contribution >= 0.6 is 0 Å². The number of aromatic nitrogens is 3. The molecule has 2 aromatic rings. The molecule has 24 heavy (non-hydrogen) atoms. The third kappa shape index (κ3) is 3.09. The normalized spacial score (nSPS) is 14.4. The highest BCUT2D eigenvalue weighted by Gasteiger charge is 2.28. The van der Waals surface area contributed by atoms with Crippen molar-refractivity contribution in [1.82, 2.24) is 15.2 Å². The Morgan fingerprint density at radius 1 is 1.21 bits per heavy atom. The van der Waals surface area contributed by atoms with Crippen molar-refractivity contribution in [1.29, 1.82) is 0 Å². The van der Waals surface area contributed by atoms with E-state index in [9.17, 15) is 4.79 Å². The van der Waals surface area contributed by atoms with Crippen LogP contribution in [-0.4, -0.2) is 33.7 Å². The van der Waals surface area contributed by atoms with Crippen LogP contribution in [0.1, 0.15) is 37.7 Å². The third-order valence-electron chi connectivity index (χ3n) is 4.38. The van der Waals surface area contributed by atoms with Crippen LogP contribution in [0.5, 0.6) is 0 Å². The second-order valence-corrected chi connectivity index (χ2v) is 5.97. The maximum Gasteiger partial charge on any atom is 0.249 e. The first-order valence-electron chi connectivity index (χ1n) is 8.52. The van der Waals surface area contributed by atoms with Gasteiger partial charge >= 0.3 is 0 Å². The molecule has 1 N–H and O–H groups in total. The molecule has 0 fully saturated rings. The fourth-order valence-corrected chi connectivity index (χ4v) is 3.06. The van der Waals surface area contributed by atoms with Gasteiger partial charge < -0.3 is 10.2 Å². The quantitative estimate of drug-likeness (QED) is 0.914. The first-order valence-corrected chi connectivity index (χ1v) is 8.52. The Labute approximate surface area is 142 Å². The molecule has 3 rings (SSSR count). The van der Waals surface area contributed by atoms with Crippen LogP contribution in [0.2, 0.25) is 0 Å². The van der Waals surface area contributed by atoms with Gasteiger partial charge in [-0.3, -0.25) is 4.79 Å². The van der Waals surface area contributed by atoms with Crippen LogP contribution in [0.25, 0.3) is 0 Å². The molecule has 1 aromatic heterocycles. The minimum absolute atomic E-state index is 0.0289. The van der Waals surface area contributed by atoms with Crippen LogP contribution in [0.4, 0.5) is 11.6 Å². The SMILES string of the molecule is CCc1nnc(NC(C)C(=O)N2CCc3ccccc32)nc1CC. The van der Waals surface area contributed by atoms with Crippen molar-refractivity contribution in [2.75, 3.05) is 16.8 Å². The van der Waals surface area contributed by atoms with Crippen molar-refractivity contribution in [2.24, 2.45) is 0 Å². The average molecular weight is 325 g/mol. The van der Waals surface area contributed by atoms with Crippen LogP contribution < -0.4 is 10.2 Å². The standard InChI is InChI=1S/C18H23N5O/c1-4-14-15(5-2)21-22-18(20-14)19-12(3)17(24)23-11-10-13-8-6-7-9-16(13)23/h6-9,12H,4-5,10-11H2,1-3H3,(H,19,20,22). The monoisotopic (exact) mass is 325 g/mol. The van der Waals surface area contributed by atoms with Crippen LogP contribution in [0.15, 0.2) is 24.3 Å². The largest absolute Gasteiger partial charge is 0.341 e. The Morgan fingerprint density at radius 2 is 1.96 bits per heavy atom. The van der Waals surface area contributed by atoms with Crippen LogP contribution in [0.3, 0.4) is 0 Å². The lowest BCUT2D eigenvalue weighted by atomic mass is 10.2. The molecule has 0 radical (unpaired) electrons. The molecule has 1 aromatic carbocycles. The van der Waals surface area contributed by atoms with Crippen molar-refractivity contribution in [3.8, 4) is 0 Å². The van der Waals surface area contributed by atoms with Gasteiger partial charge in [0.2, 0.25) is 11.9 Å². The molecule has 1 aliphatic heterocycles. The summed E-state index contributed by atoms with van der Waals surface area (Å²) >= 11 is 0. The minimum atomic E-state index is -0.407. The number of anilines is 2. The van der Waals surface area contributed by atoms with E-state index in [0.717, 1.165) is 42.9 Å². The molecule has 6 nitrogen and oxygen atoms in total. The first-order chi connectivity index (χ1) is 11.6. The summed E-state index contributed by atoms with van der Waals surface area (Å²) in [6.45, 7) is 6.64. The lowest BCUT2D eigenvalue weighted by molar-refractivity contribution is -0.118. The number of rotatable bonds is 5. The molecule has 0 spiro atoms. The molecule has 126 valence electrons. The van der Waals surface area contributed by atoms with E-state index < -0.39 is 6.04 Å². The summed E-state index contributed by atoms with van der Waals surface area (Å²) < 4.78 is 0. The summed E-state index contributed by atoms with van der Waals surface area (Å²) in [6.07, 6.45) is 2.51. The number of nitrogens with zero attached hydrogens (tertiary/aromatic N) is 4. The molecular formula is C18H23N5O. The molecule has 1 atom stereocenters. The van der Waals surface area contributed by atoms with Gasteiger partial charge in [-0.1, -0.05) is 32.0 Å². The lowest BCUT2D eigenvalue weighted by Gasteiger charge is -2.22. The number of hydrogen-bond donors (Lipinski definition) is 1. The van der Waals surface area contributed by atoms with Crippen molar-refractivity contribution in [2.45, 2.75) is 46.1 Å². The summed E-state index contributed by atoms with van der Waals surface area (Å²) in [6, 6.07) is 7.64. The molecule has 6 heteroatoms. The topological polar surface area (TPSA) is 71.0 Å². The molecule has 1 amide bonds. The van der Waals surface area contributed by atoms with Gasteiger partial charge in [0.1, 0.15) is 6.04 Å². The number of para-hydroxylation sites is 1. The number of carbonyl (C=O) groups excluding carboxylic acids is 1. The minimum Gasteiger partial charge on any atom is -0.341 e. The maximum atomic E-state index is 12.8. The first kappa shape index (κ1) is 16.4. The number of fused-ring (bicyclic) bond motifs is 1. The highest BCUT2D eigenvalue weighted by atomic mass is 16.2. The van der Waals surface area contributed by atoms with Crippen LogP contribution in [0, 0.1) is 0 Å². The van der Waals surface area contributed by atoms with Crippen LogP contribution in [-0.2, 0) is 24.1 Å². The van der Waals surface area contributed by atoms with E-state index in [-0.39, 0.29) is 5.91 Å². The number of amides is 1. The molecule has 0 saturated heterocycles. The summed E-state index contributed by atoms with van der Waals surface area (Å²) in [5.74, 6) is 0.443. The van der Waals surface area contributed by atoms with E-state index in [0.29, 0.717) is 5.95 Å². The zero-order chi connectivity index (χ0) is 17.1. The van der Waals surface area contributed by atoms with Gasteiger partial charge in [0.25, 0.3) is 0 Å². The van der Waals surface area contributed by atoms with E-state index in [1.54, 1.807) is 0 Å². The van der Waals surface area contributed by atoms with E-state index in [2.05, 4.69) is 26.6 Å². The Kier molecular flexibility index (Phi) is 4.74. The Bertz CT molecular complexity index is 746. The highest BCUT2D eigenvalue weighted by Crippen LogP contribution is 2.28. The number of carbonyl (C=O) groups is 1. The zero-order valence-electron chi connectivity index (χ0n) is 14.4. The van der Waals surface area contributed by atoms with E-state index in [1.165, 1.54) is 5.56 Å². The predicted molar refractivity (Wildman–Crippen MR) is 94.2 cm³/mol. The molecule has 1 aliphatic rings. The number of aryl methyl sites for hydroxylation is 2. The van der Waals surface area contributed by atoms with Crippen molar-refractivity contribution in [3.05, 3.63) is 41.2 Å². The molecule has 0 saturated carbocycles. The second kappa shape index (κ2) is 6.95. The maximum absolute atomic E-state index is 12.8. The average Bonchev–Trinajstić information content (AvgIpc) is 3.04. The fourth-order valence-electron chi connectivity index (χ4n) is 3.06. The van der Waals surface area contributed by atoms with E-state index in [4.69, 9.17) is 0 Å². The molecule has 0 bridgehead atoms. The lowest BCUT2D eigenvalue weighted by Crippen LogP contribution is -2.41. The highest BCUT2D eigenvalue weighted by molar-refractivity contribution is 5.99. The summed E-state index contributed by atoms with van der Waals surface area (Å²) in [5, 5.41) is 11.4. The molecule has 0 aliphatic carbocycles. The van der Waals surface area contributed by atoms with Gasteiger partial charge in [-0.25, -0.2) is 4.98 Å². The second-order valence-electron chi connectivity index (χ2n) is 5.97. The van der Waals surface area contributed by atoms with Gasteiger partial charge in [0.15, 0.2) is 0 Å². The number of benzene rings is 1. The molecule has 1 unspecified atom stereocenters. The Balaban J connectivity index is 1.73. The van der Waals surface area contributed by atoms with Gasteiger partial charge in [0, 0.05) is 12.2 Å². The van der Waals surface area contributed by atoms with Crippen molar-refractivity contribution >= 4 is 17.5 Å². The third-order valence-corrected chi connectivity index (χ3v) is 4.38. The summed E-state index contributed by atoms with van der Waals surface area (Å²) in [4.78, 5) is 19.1. The van der Waals surface area contributed by atoms with E-state index >= 15 is 0 Å². The predicted octanol–water partition coefficient (Wildman–Crippen LogP) is 2.39. The molecular weight excluding hydrogens is 302 g/mol. The smallest absolute Gasteiger partial charge is 0.249 e. The number of nitrogens with one attached hydrogen (secondary N) is 1. The Morgan fingerprint density at radius 3 is 2.71 bits per heavy atom. The Hall–Kier alpha value is -2.50. The molecule has 2 heterocycles. The van der Waals surface area contributed by atoms with E-state index in [1.807, 2.05) is 43.9 Å². The van der Waals surface area contributed by atoms with Gasteiger partial charge in [-0.15, -0.1) is 5.10 Å². The fraction of sp³-hybridized carbons (Fsp3) is 0.444. The van der Waals surface area contributed by atoms with Crippen molar-refractivity contribution in [3.63, 3.8) is 0 Å². The van der Waals surface area contributed by atoms with Gasteiger partial charge in [0.05, 0.1) is 11.4 Å².